The molecule has 0 saturated heterocycles. The van der Waals surface area contributed by atoms with Crippen molar-refractivity contribution in [2.75, 3.05) is 12.2 Å². The molecule has 2 aromatic carbocycles. The smallest absolute Gasteiger partial charge is 0.120 e. The van der Waals surface area contributed by atoms with E-state index in [1.807, 2.05) is 24.3 Å². The standard InChI is InChI=1S/C17H18NO2P/c1-20-15-6-7-16(17(10-15)18-21)13-3-2-12-9-14(19)5-4-11(12)8-13/h4-10,18-19H,2-3,21H2,1H3. The molecule has 0 bridgehead atoms. The number of phenols is 1. The molecule has 2 aromatic rings. The van der Waals surface area contributed by atoms with Gasteiger partial charge in [0.1, 0.15) is 11.5 Å². The summed E-state index contributed by atoms with van der Waals surface area (Å²) in [6, 6.07) is 11.6. The summed E-state index contributed by atoms with van der Waals surface area (Å²) in [6.45, 7) is 0. The van der Waals surface area contributed by atoms with E-state index in [4.69, 9.17) is 4.74 Å². The van der Waals surface area contributed by atoms with Crippen molar-refractivity contribution < 1.29 is 9.84 Å². The van der Waals surface area contributed by atoms with E-state index in [2.05, 4.69) is 26.6 Å². The van der Waals surface area contributed by atoms with Gasteiger partial charge >= 0.3 is 0 Å². The Morgan fingerprint density at radius 3 is 2.76 bits per heavy atom. The van der Waals surface area contributed by atoms with Crippen LogP contribution in [-0.2, 0) is 6.42 Å². The average molecular weight is 299 g/mol. The van der Waals surface area contributed by atoms with E-state index in [9.17, 15) is 5.11 Å². The summed E-state index contributed by atoms with van der Waals surface area (Å²) >= 11 is 0. The third kappa shape index (κ3) is 2.74. The van der Waals surface area contributed by atoms with Crippen LogP contribution in [0, 0.1) is 0 Å². The Hall–Kier alpha value is -1.99. The fourth-order valence-electron chi connectivity index (χ4n) is 2.74. The quantitative estimate of drug-likeness (QED) is 0.839. The van der Waals surface area contributed by atoms with E-state index >= 15 is 0 Å². The minimum atomic E-state index is 0.336. The van der Waals surface area contributed by atoms with Crippen molar-refractivity contribution in [1.82, 2.24) is 0 Å². The minimum Gasteiger partial charge on any atom is -0.508 e. The number of fused-ring (bicyclic) bond motifs is 1. The van der Waals surface area contributed by atoms with Crippen molar-refractivity contribution in [1.29, 1.82) is 0 Å². The van der Waals surface area contributed by atoms with Crippen molar-refractivity contribution in [3.8, 4) is 11.5 Å². The van der Waals surface area contributed by atoms with Gasteiger partial charge in [0, 0.05) is 17.3 Å². The topological polar surface area (TPSA) is 41.5 Å². The van der Waals surface area contributed by atoms with Crippen molar-refractivity contribution in [3.63, 3.8) is 0 Å². The molecule has 0 saturated carbocycles. The number of aryl methyl sites for hydroxylation is 1. The van der Waals surface area contributed by atoms with Gasteiger partial charge in [-0.2, -0.15) is 0 Å². The lowest BCUT2D eigenvalue weighted by Crippen LogP contribution is -2.00. The maximum Gasteiger partial charge on any atom is 0.120 e. The molecule has 0 amide bonds. The number of hydrogen-bond acceptors (Lipinski definition) is 3. The Morgan fingerprint density at radius 2 is 2.00 bits per heavy atom. The van der Waals surface area contributed by atoms with Gasteiger partial charge in [0.15, 0.2) is 0 Å². The van der Waals surface area contributed by atoms with Crippen LogP contribution in [0.2, 0.25) is 0 Å². The lowest BCUT2D eigenvalue weighted by atomic mass is 9.88. The zero-order valence-corrected chi connectivity index (χ0v) is 13.0. The molecule has 1 unspecified atom stereocenters. The molecule has 0 aliphatic heterocycles. The highest BCUT2D eigenvalue weighted by atomic mass is 31.0. The molecule has 0 aromatic heterocycles. The summed E-state index contributed by atoms with van der Waals surface area (Å²) in [5.41, 5.74) is 5.89. The molecule has 0 fully saturated rings. The summed E-state index contributed by atoms with van der Waals surface area (Å²) in [6.07, 6.45) is 4.10. The van der Waals surface area contributed by atoms with Gasteiger partial charge in [0.2, 0.25) is 0 Å². The van der Waals surface area contributed by atoms with E-state index in [1.165, 1.54) is 22.3 Å². The number of ether oxygens (including phenoxy) is 1. The van der Waals surface area contributed by atoms with E-state index < -0.39 is 0 Å². The Kier molecular flexibility index (Phi) is 3.85. The zero-order valence-electron chi connectivity index (χ0n) is 11.9. The maximum absolute atomic E-state index is 9.56. The molecule has 108 valence electrons. The highest BCUT2D eigenvalue weighted by molar-refractivity contribution is 7.18. The van der Waals surface area contributed by atoms with Gasteiger partial charge < -0.3 is 14.9 Å². The number of aromatic hydroxyl groups is 1. The van der Waals surface area contributed by atoms with Crippen LogP contribution in [0.25, 0.3) is 11.6 Å². The molecular weight excluding hydrogens is 281 g/mol. The molecular formula is C17H18NO2P. The molecule has 0 heterocycles. The van der Waals surface area contributed by atoms with Crippen LogP contribution >= 0.6 is 9.39 Å². The van der Waals surface area contributed by atoms with Gasteiger partial charge in [-0.1, -0.05) is 12.1 Å². The Labute approximate surface area is 126 Å². The Balaban J connectivity index is 2.03. The third-order valence-corrected chi connectivity index (χ3v) is 4.16. The summed E-state index contributed by atoms with van der Waals surface area (Å²) in [7, 11) is 4.21. The fraction of sp³-hybridized carbons (Fsp3) is 0.176. The van der Waals surface area contributed by atoms with Crippen molar-refractivity contribution in [3.05, 3.63) is 53.1 Å². The summed E-state index contributed by atoms with van der Waals surface area (Å²) in [5, 5.41) is 12.7. The average Bonchev–Trinajstić information content (AvgIpc) is 2.53. The third-order valence-electron chi connectivity index (χ3n) is 3.85. The van der Waals surface area contributed by atoms with Crippen molar-refractivity contribution in [2.45, 2.75) is 12.8 Å². The van der Waals surface area contributed by atoms with Gasteiger partial charge in [-0.15, -0.1) is 0 Å². The molecule has 0 radical (unpaired) electrons. The SMILES string of the molecule is COc1ccc(C2=Cc3ccc(O)cc3CC2)c(NP)c1. The van der Waals surface area contributed by atoms with E-state index in [1.54, 1.807) is 13.2 Å². The number of benzene rings is 2. The van der Waals surface area contributed by atoms with Crippen LogP contribution in [0.4, 0.5) is 5.69 Å². The molecule has 3 rings (SSSR count). The van der Waals surface area contributed by atoms with Crippen LogP contribution in [0.5, 0.6) is 11.5 Å². The van der Waals surface area contributed by atoms with Gasteiger partial charge in [-0.25, -0.2) is 0 Å². The number of methoxy groups -OCH3 is 1. The van der Waals surface area contributed by atoms with Gasteiger partial charge in [-0.05, 0) is 63.2 Å². The number of phenolic OH excluding ortho intramolecular Hbond substituents is 1. The van der Waals surface area contributed by atoms with Crippen LogP contribution in [0.3, 0.4) is 0 Å². The fourth-order valence-corrected chi connectivity index (χ4v) is 2.98. The Morgan fingerprint density at radius 1 is 1.14 bits per heavy atom. The van der Waals surface area contributed by atoms with Crippen LogP contribution in [0.1, 0.15) is 23.1 Å². The van der Waals surface area contributed by atoms with Crippen molar-refractivity contribution >= 4 is 26.7 Å². The number of nitrogens with one attached hydrogen (secondary N) is 1. The predicted octanol–water partition coefficient (Wildman–Crippen LogP) is 4.09. The van der Waals surface area contributed by atoms with Gasteiger partial charge in [-0.3, -0.25) is 0 Å². The van der Waals surface area contributed by atoms with Gasteiger partial charge in [0.25, 0.3) is 0 Å². The molecule has 21 heavy (non-hydrogen) atoms. The highest BCUT2D eigenvalue weighted by Gasteiger charge is 2.15. The first kappa shape index (κ1) is 14.0. The molecule has 0 spiro atoms. The monoisotopic (exact) mass is 299 g/mol. The second-order valence-electron chi connectivity index (χ2n) is 5.11. The number of anilines is 1. The Bertz CT molecular complexity index is 710. The first-order chi connectivity index (χ1) is 10.2. The lowest BCUT2D eigenvalue weighted by molar-refractivity contribution is 0.415. The van der Waals surface area contributed by atoms with Crippen LogP contribution in [-0.4, -0.2) is 12.2 Å². The number of hydrogen-bond donors (Lipinski definition) is 2. The van der Waals surface area contributed by atoms with Gasteiger partial charge in [0.05, 0.1) is 7.11 Å². The predicted molar refractivity (Wildman–Crippen MR) is 90.6 cm³/mol. The first-order valence-electron chi connectivity index (χ1n) is 6.89. The lowest BCUT2D eigenvalue weighted by Gasteiger charge is -2.19. The molecule has 1 aliphatic rings. The van der Waals surface area contributed by atoms with Crippen molar-refractivity contribution in [2.24, 2.45) is 0 Å². The second-order valence-corrected chi connectivity index (χ2v) is 5.40. The first-order valence-corrected chi connectivity index (χ1v) is 7.46. The second kappa shape index (κ2) is 5.79. The molecule has 4 heteroatoms. The molecule has 3 nitrogen and oxygen atoms in total. The van der Waals surface area contributed by atoms with Crippen LogP contribution in [0.15, 0.2) is 36.4 Å². The summed E-state index contributed by atoms with van der Waals surface area (Å²) in [5.74, 6) is 1.17. The zero-order chi connectivity index (χ0) is 14.8. The van der Waals surface area contributed by atoms with Crippen LogP contribution < -0.4 is 9.82 Å². The summed E-state index contributed by atoms with van der Waals surface area (Å²) < 4.78 is 5.27. The summed E-state index contributed by atoms with van der Waals surface area (Å²) in [4.78, 5) is 0. The number of allylic oxidation sites excluding steroid dienone is 1. The minimum absolute atomic E-state index is 0.336. The number of rotatable bonds is 3. The van der Waals surface area contributed by atoms with E-state index in [0.717, 1.165) is 24.3 Å². The normalized spacial score (nSPS) is 13.3. The highest BCUT2D eigenvalue weighted by Crippen LogP contribution is 2.36. The van der Waals surface area contributed by atoms with E-state index in [0.29, 0.717) is 5.75 Å². The molecule has 2 N–H and O–H groups in total. The van der Waals surface area contributed by atoms with E-state index in [-0.39, 0.29) is 0 Å². The molecule has 1 aliphatic carbocycles. The largest absolute Gasteiger partial charge is 0.508 e. The maximum atomic E-state index is 9.56. The molecule has 1 atom stereocenters.